The fraction of sp³-hybridized carbons (Fsp3) is 0.455. The van der Waals surface area contributed by atoms with Gasteiger partial charge in [-0.15, -0.1) is 11.3 Å². The maximum Gasteiger partial charge on any atom is 0.243 e. The Morgan fingerprint density at radius 3 is 2.57 bits per heavy atom. The number of carbonyl (C=O) groups excluding carboxylic acids is 2. The minimum Gasteiger partial charge on any atom is -0.330 e. The van der Waals surface area contributed by atoms with Crippen LogP contribution in [0.4, 0.5) is 0 Å². The Hall–Kier alpha value is -1.85. The molecule has 1 atom stereocenters. The lowest BCUT2D eigenvalue weighted by Crippen LogP contribution is -2.48. The molecule has 0 spiro atoms. The van der Waals surface area contributed by atoms with Crippen molar-refractivity contribution in [3.8, 4) is 0 Å². The molecule has 0 N–H and O–H groups in total. The third-order valence-electron chi connectivity index (χ3n) is 5.54. The van der Waals surface area contributed by atoms with Gasteiger partial charge in [0, 0.05) is 28.4 Å². The van der Waals surface area contributed by atoms with E-state index >= 15 is 0 Å². The second-order valence-corrected chi connectivity index (χ2v) is 9.38. The summed E-state index contributed by atoms with van der Waals surface area (Å²) in [5.74, 6) is 0.00937. The minimum atomic E-state index is -0.116. The van der Waals surface area contributed by atoms with Crippen molar-refractivity contribution >= 4 is 34.8 Å². The lowest BCUT2D eigenvalue weighted by Gasteiger charge is -2.38. The molecule has 1 aliphatic carbocycles. The molecule has 2 aromatic rings. The quantitative estimate of drug-likeness (QED) is 0.718. The van der Waals surface area contributed by atoms with Crippen molar-refractivity contribution in [1.29, 1.82) is 0 Å². The monoisotopic (exact) mass is 416 g/mol. The van der Waals surface area contributed by atoms with Crippen molar-refractivity contribution in [3.63, 3.8) is 0 Å². The molecule has 2 heterocycles. The maximum absolute atomic E-state index is 13.4. The highest BCUT2D eigenvalue weighted by Crippen LogP contribution is 2.38. The van der Waals surface area contributed by atoms with Gasteiger partial charge in [-0.1, -0.05) is 37.6 Å². The van der Waals surface area contributed by atoms with Crippen LogP contribution in [-0.4, -0.2) is 40.7 Å². The van der Waals surface area contributed by atoms with Crippen molar-refractivity contribution in [2.24, 2.45) is 5.92 Å². The number of thiophene rings is 1. The summed E-state index contributed by atoms with van der Waals surface area (Å²) >= 11 is 7.83. The summed E-state index contributed by atoms with van der Waals surface area (Å²) in [7, 11) is 0. The van der Waals surface area contributed by atoms with Crippen molar-refractivity contribution in [2.45, 2.75) is 45.2 Å². The van der Waals surface area contributed by atoms with Gasteiger partial charge in [-0.05, 0) is 54.0 Å². The van der Waals surface area contributed by atoms with Crippen molar-refractivity contribution in [3.05, 3.63) is 56.7 Å². The minimum absolute atomic E-state index is 0.0256. The fourth-order valence-electron chi connectivity index (χ4n) is 3.93. The van der Waals surface area contributed by atoms with Crippen LogP contribution in [0, 0.1) is 5.92 Å². The van der Waals surface area contributed by atoms with Gasteiger partial charge in [0.1, 0.15) is 6.54 Å². The Morgan fingerprint density at radius 1 is 1.21 bits per heavy atom. The van der Waals surface area contributed by atoms with E-state index in [4.69, 9.17) is 11.6 Å². The van der Waals surface area contributed by atoms with Crippen LogP contribution in [-0.2, 0) is 16.0 Å². The summed E-state index contributed by atoms with van der Waals surface area (Å²) in [6.45, 7) is 4.65. The van der Waals surface area contributed by atoms with Crippen LogP contribution in [0.15, 0.2) is 35.7 Å². The van der Waals surface area contributed by atoms with Crippen molar-refractivity contribution < 1.29 is 9.59 Å². The van der Waals surface area contributed by atoms with Crippen LogP contribution in [0.2, 0.25) is 5.02 Å². The summed E-state index contributed by atoms with van der Waals surface area (Å²) in [4.78, 5) is 31.1. The Balaban J connectivity index is 1.62. The number of amides is 2. The first-order valence-electron chi connectivity index (χ1n) is 9.87. The van der Waals surface area contributed by atoms with Gasteiger partial charge < -0.3 is 9.80 Å². The summed E-state index contributed by atoms with van der Waals surface area (Å²) in [6, 6.07) is 9.98. The lowest BCUT2D eigenvalue weighted by molar-refractivity contribution is -0.144. The largest absolute Gasteiger partial charge is 0.330 e. The first kappa shape index (κ1) is 19.5. The molecule has 0 bridgehead atoms. The van der Waals surface area contributed by atoms with E-state index in [1.54, 1.807) is 16.2 Å². The SMILES string of the molecule is CC(C)C(=O)N(CC(=O)N1CCc2sccc2C1c1ccc(Cl)cc1)C1CC1. The van der Waals surface area contributed by atoms with Crippen LogP contribution in [0.1, 0.15) is 48.7 Å². The van der Waals surface area contributed by atoms with Crippen LogP contribution in [0.5, 0.6) is 0 Å². The van der Waals surface area contributed by atoms with E-state index in [2.05, 4.69) is 11.4 Å². The molecular formula is C22H25ClN2O2S. The summed E-state index contributed by atoms with van der Waals surface area (Å²) < 4.78 is 0. The number of rotatable bonds is 5. The number of benzene rings is 1. The molecule has 2 aliphatic rings. The van der Waals surface area contributed by atoms with Crippen molar-refractivity contribution in [2.75, 3.05) is 13.1 Å². The number of hydrogen-bond acceptors (Lipinski definition) is 3. The summed E-state index contributed by atoms with van der Waals surface area (Å²) in [6.07, 6.45) is 2.87. The summed E-state index contributed by atoms with van der Waals surface area (Å²) in [5, 5.41) is 2.78. The predicted octanol–water partition coefficient (Wildman–Crippen LogP) is 4.52. The van der Waals surface area contributed by atoms with Gasteiger partial charge in [-0.3, -0.25) is 9.59 Å². The standard InChI is InChI=1S/C22H25ClN2O2S/c1-14(2)22(27)25(17-7-8-17)13-20(26)24-11-9-19-18(10-12-28-19)21(24)15-3-5-16(23)6-4-15/h3-6,10,12,14,17,21H,7-9,11,13H2,1-2H3. The average Bonchev–Trinajstić information content (AvgIpc) is 3.41. The second kappa shape index (κ2) is 7.88. The van der Waals surface area contributed by atoms with Gasteiger partial charge in [0.25, 0.3) is 0 Å². The average molecular weight is 417 g/mol. The van der Waals surface area contributed by atoms with E-state index in [0.717, 1.165) is 24.8 Å². The molecule has 4 nitrogen and oxygen atoms in total. The maximum atomic E-state index is 13.4. The van der Waals surface area contributed by atoms with Gasteiger partial charge in [0.05, 0.1) is 6.04 Å². The highest BCUT2D eigenvalue weighted by Gasteiger charge is 2.38. The van der Waals surface area contributed by atoms with E-state index < -0.39 is 0 Å². The van der Waals surface area contributed by atoms with E-state index in [-0.39, 0.29) is 36.4 Å². The van der Waals surface area contributed by atoms with Crippen LogP contribution in [0.3, 0.4) is 0 Å². The molecule has 6 heteroatoms. The second-order valence-electron chi connectivity index (χ2n) is 7.94. The van der Waals surface area contributed by atoms with Crippen molar-refractivity contribution in [1.82, 2.24) is 9.80 Å². The smallest absolute Gasteiger partial charge is 0.243 e. The zero-order valence-corrected chi connectivity index (χ0v) is 17.8. The molecular weight excluding hydrogens is 392 g/mol. The molecule has 1 fully saturated rings. The van der Waals surface area contributed by atoms with Gasteiger partial charge in [0.2, 0.25) is 11.8 Å². The first-order chi connectivity index (χ1) is 13.5. The highest BCUT2D eigenvalue weighted by molar-refractivity contribution is 7.10. The first-order valence-corrected chi connectivity index (χ1v) is 11.1. The van der Waals surface area contributed by atoms with E-state index in [1.807, 2.05) is 43.0 Å². The number of fused-ring (bicyclic) bond motifs is 1. The highest BCUT2D eigenvalue weighted by atomic mass is 35.5. The third kappa shape index (κ3) is 3.83. The Bertz CT molecular complexity index is 873. The zero-order chi connectivity index (χ0) is 19.8. The van der Waals surface area contributed by atoms with E-state index in [9.17, 15) is 9.59 Å². The third-order valence-corrected chi connectivity index (χ3v) is 6.79. The van der Waals surface area contributed by atoms with Gasteiger partial charge in [-0.25, -0.2) is 0 Å². The predicted molar refractivity (Wildman–Crippen MR) is 113 cm³/mol. The van der Waals surface area contributed by atoms with Crippen LogP contribution in [0.25, 0.3) is 0 Å². The Kier molecular flexibility index (Phi) is 5.48. The molecule has 0 saturated heterocycles. The number of halogens is 1. The molecule has 1 aromatic heterocycles. The van der Waals surface area contributed by atoms with E-state index in [1.165, 1.54) is 10.4 Å². The molecule has 4 rings (SSSR count). The molecule has 1 aliphatic heterocycles. The normalized spacial score (nSPS) is 18.9. The summed E-state index contributed by atoms with van der Waals surface area (Å²) in [5.41, 5.74) is 2.25. The molecule has 28 heavy (non-hydrogen) atoms. The topological polar surface area (TPSA) is 40.6 Å². The molecule has 0 radical (unpaired) electrons. The van der Waals surface area contributed by atoms with Gasteiger partial charge in [0.15, 0.2) is 0 Å². The Labute approximate surface area is 175 Å². The Morgan fingerprint density at radius 2 is 1.93 bits per heavy atom. The van der Waals surface area contributed by atoms with Crippen LogP contribution >= 0.6 is 22.9 Å². The molecule has 1 unspecified atom stereocenters. The van der Waals surface area contributed by atoms with Crippen LogP contribution < -0.4 is 0 Å². The molecule has 2 amide bonds. The van der Waals surface area contributed by atoms with Gasteiger partial charge in [-0.2, -0.15) is 0 Å². The molecule has 1 aromatic carbocycles. The number of nitrogens with zero attached hydrogens (tertiary/aromatic N) is 2. The van der Waals surface area contributed by atoms with E-state index in [0.29, 0.717) is 11.6 Å². The lowest BCUT2D eigenvalue weighted by atomic mass is 9.93. The van der Waals surface area contributed by atoms with Gasteiger partial charge >= 0.3 is 0 Å². The zero-order valence-electron chi connectivity index (χ0n) is 16.2. The number of hydrogen-bond donors (Lipinski definition) is 0. The molecule has 1 saturated carbocycles. The fourth-order valence-corrected chi connectivity index (χ4v) is 4.96. The molecule has 148 valence electrons. The number of carbonyl (C=O) groups is 2.